The summed E-state index contributed by atoms with van der Waals surface area (Å²) in [6.45, 7) is 0.571. The standard InChI is InChI=1S/C14H14ClN3O3/c15-11-2-1-3-12(8-11)21-9-13(19)17-6-7-18-10-16-5-4-14(18)20/h1-5,8,10H,6-7,9H2,(H,17,19). The van der Waals surface area contributed by atoms with Gasteiger partial charge in [-0.05, 0) is 18.2 Å². The van der Waals surface area contributed by atoms with Crippen LogP contribution in [0.25, 0.3) is 0 Å². The van der Waals surface area contributed by atoms with Crippen LogP contribution in [0.1, 0.15) is 0 Å². The average molecular weight is 308 g/mol. The molecule has 0 saturated carbocycles. The second kappa shape index (κ2) is 7.44. The van der Waals surface area contributed by atoms with Crippen LogP contribution < -0.4 is 15.6 Å². The lowest BCUT2D eigenvalue weighted by atomic mass is 10.3. The number of carbonyl (C=O) groups excluding carboxylic acids is 1. The van der Waals surface area contributed by atoms with Gasteiger partial charge in [0.2, 0.25) is 0 Å². The maximum atomic E-state index is 11.6. The lowest BCUT2D eigenvalue weighted by Gasteiger charge is -2.08. The molecule has 21 heavy (non-hydrogen) atoms. The van der Waals surface area contributed by atoms with Crippen molar-refractivity contribution in [1.82, 2.24) is 14.9 Å². The van der Waals surface area contributed by atoms with Crippen LogP contribution in [0.3, 0.4) is 0 Å². The largest absolute Gasteiger partial charge is 0.484 e. The summed E-state index contributed by atoms with van der Waals surface area (Å²) in [5, 5.41) is 3.20. The molecule has 0 aliphatic carbocycles. The lowest BCUT2D eigenvalue weighted by Crippen LogP contribution is -2.33. The van der Waals surface area contributed by atoms with Crippen LogP contribution in [0.5, 0.6) is 5.75 Å². The van der Waals surface area contributed by atoms with Gasteiger partial charge in [-0.15, -0.1) is 0 Å². The summed E-state index contributed by atoms with van der Waals surface area (Å²) in [4.78, 5) is 26.9. The zero-order chi connectivity index (χ0) is 15.1. The van der Waals surface area contributed by atoms with Crippen molar-refractivity contribution in [1.29, 1.82) is 0 Å². The molecule has 0 saturated heterocycles. The van der Waals surface area contributed by atoms with Gasteiger partial charge in [0.25, 0.3) is 11.5 Å². The quantitative estimate of drug-likeness (QED) is 0.867. The summed E-state index contributed by atoms with van der Waals surface area (Å²) >= 11 is 5.81. The monoisotopic (exact) mass is 307 g/mol. The smallest absolute Gasteiger partial charge is 0.258 e. The van der Waals surface area contributed by atoms with Crippen molar-refractivity contribution in [2.45, 2.75) is 6.54 Å². The molecule has 7 heteroatoms. The number of nitrogens with zero attached hydrogens (tertiary/aromatic N) is 2. The summed E-state index contributed by atoms with van der Waals surface area (Å²) in [6.07, 6.45) is 2.85. The van der Waals surface area contributed by atoms with Crippen LogP contribution >= 0.6 is 11.6 Å². The van der Waals surface area contributed by atoms with Crippen molar-refractivity contribution in [3.8, 4) is 5.75 Å². The first kappa shape index (κ1) is 15.1. The summed E-state index contributed by atoms with van der Waals surface area (Å²) in [6, 6.07) is 8.17. The Bertz CT molecular complexity index is 672. The summed E-state index contributed by atoms with van der Waals surface area (Å²) < 4.78 is 6.71. The van der Waals surface area contributed by atoms with Gasteiger partial charge >= 0.3 is 0 Å². The molecule has 0 bridgehead atoms. The van der Waals surface area contributed by atoms with Crippen molar-refractivity contribution < 1.29 is 9.53 Å². The summed E-state index contributed by atoms with van der Waals surface area (Å²) in [5.41, 5.74) is -0.158. The number of aromatic nitrogens is 2. The molecule has 2 rings (SSSR count). The highest BCUT2D eigenvalue weighted by atomic mass is 35.5. The van der Waals surface area contributed by atoms with E-state index in [0.717, 1.165) is 0 Å². The molecule has 1 aromatic carbocycles. The number of ether oxygens (including phenoxy) is 1. The number of rotatable bonds is 6. The van der Waals surface area contributed by atoms with Crippen molar-refractivity contribution in [2.75, 3.05) is 13.2 Å². The van der Waals surface area contributed by atoms with Gasteiger partial charge in [-0.2, -0.15) is 0 Å². The molecule has 1 aromatic heterocycles. The predicted molar refractivity (Wildman–Crippen MR) is 78.5 cm³/mol. The minimum absolute atomic E-state index is 0.109. The van der Waals surface area contributed by atoms with Gasteiger partial charge in [-0.3, -0.25) is 14.2 Å². The Kier molecular flexibility index (Phi) is 5.34. The van der Waals surface area contributed by atoms with E-state index in [0.29, 0.717) is 23.9 Å². The second-order valence-corrected chi connectivity index (χ2v) is 4.64. The molecule has 1 heterocycles. The number of benzene rings is 1. The fraction of sp³-hybridized carbons (Fsp3) is 0.214. The number of carbonyl (C=O) groups is 1. The number of halogens is 1. The number of nitrogens with one attached hydrogen (secondary N) is 1. The number of hydrogen-bond acceptors (Lipinski definition) is 4. The van der Waals surface area contributed by atoms with E-state index in [9.17, 15) is 9.59 Å². The van der Waals surface area contributed by atoms with Crippen LogP contribution in [0.4, 0.5) is 0 Å². The van der Waals surface area contributed by atoms with E-state index in [2.05, 4.69) is 10.3 Å². The first-order valence-electron chi connectivity index (χ1n) is 6.30. The fourth-order valence-electron chi connectivity index (χ4n) is 1.62. The lowest BCUT2D eigenvalue weighted by molar-refractivity contribution is -0.123. The number of amides is 1. The maximum absolute atomic E-state index is 11.6. The van der Waals surface area contributed by atoms with E-state index in [1.54, 1.807) is 24.3 Å². The van der Waals surface area contributed by atoms with Crippen LogP contribution in [-0.4, -0.2) is 28.6 Å². The Morgan fingerprint density at radius 1 is 1.38 bits per heavy atom. The summed E-state index contributed by atoms with van der Waals surface area (Å²) in [5.74, 6) is 0.257. The van der Waals surface area contributed by atoms with Gasteiger partial charge in [0, 0.05) is 30.4 Å². The molecular formula is C14H14ClN3O3. The highest BCUT2D eigenvalue weighted by molar-refractivity contribution is 6.30. The van der Waals surface area contributed by atoms with Crippen molar-refractivity contribution in [3.05, 3.63) is 58.2 Å². The third-order valence-corrected chi connectivity index (χ3v) is 2.87. The number of hydrogen-bond donors (Lipinski definition) is 1. The molecule has 110 valence electrons. The Morgan fingerprint density at radius 2 is 2.24 bits per heavy atom. The Balaban J connectivity index is 1.73. The van der Waals surface area contributed by atoms with Crippen LogP contribution in [0.15, 0.2) is 47.7 Å². The molecule has 0 radical (unpaired) electrons. The normalized spacial score (nSPS) is 10.1. The average Bonchev–Trinajstić information content (AvgIpc) is 2.47. The van der Waals surface area contributed by atoms with Gasteiger partial charge in [0.05, 0.1) is 6.33 Å². The maximum Gasteiger partial charge on any atom is 0.258 e. The van der Waals surface area contributed by atoms with Gasteiger partial charge in [-0.1, -0.05) is 17.7 Å². The van der Waals surface area contributed by atoms with E-state index in [1.807, 2.05) is 0 Å². The molecule has 0 aliphatic heterocycles. The van der Waals surface area contributed by atoms with Gasteiger partial charge < -0.3 is 10.1 Å². The molecule has 0 fully saturated rings. The van der Waals surface area contributed by atoms with E-state index in [-0.39, 0.29) is 18.1 Å². The van der Waals surface area contributed by atoms with Gasteiger partial charge in [0.1, 0.15) is 5.75 Å². The minimum Gasteiger partial charge on any atom is -0.484 e. The SMILES string of the molecule is O=C(COc1cccc(Cl)c1)NCCn1cnccc1=O. The van der Waals surface area contributed by atoms with Crippen molar-refractivity contribution in [3.63, 3.8) is 0 Å². The summed E-state index contributed by atoms with van der Waals surface area (Å²) in [7, 11) is 0. The van der Waals surface area contributed by atoms with Crippen molar-refractivity contribution in [2.24, 2.45) is 0 Å². The Hall–Kier alpha value is -2.34. The first-order chi connectivity index (χ1) is 10.1. The van der Waals surface area contributed by atoms with E-state index >= 15 is 0 Å². The second-order valence-electron chi connectivity index (χ2n) is 4.21. The molecule has 0 spiro atoms. The minimum atomic E-state index is -0.271. The molecule has 1 N–H and O–H groups in total. The fourth-order valence-corrected chi connectivity index (χ4v) is 1.80. The molecule has 0 atom stereocenters. The van der Waals surface area contributed by atoms with Crippen LogP contribution in [-0.2, 0) is 11.3 Å². The van der Waals surface area contributed by atoms with Crippen LogP contribution in [0, 0.1) is 0 Å². The highest BCUT2D eigenvalue weighted by Gasteiger charge is 2.03. The zero-order valence-electron chi connectivity index (χ0n) is 11.2. The van der Waals surface area contributed by atoms with Crippen molar-refractivity contribution >= 4 is 17.5 Å². The Morgan fingerprint density at radius 3 is 3.00 bits per heavy atom. The molecular weight excluding hydrogens is 294 g/mol. The van der Waals surface area contributed by atoms with Crippen LogP contribution in [0.2, 0.25) is 5.02 Å². The molecule has 2 aromatic rings. The zero-order valence-corrected chi connectivity index (χ0v) is 11.9. The van der Waals surface area contributed by atoms with E-state index in [4.69, 9.17) is 16.3 Å². The van der Waals surface area contributed by atoms with E-state index in [1.165, 1.54) is 23.2 Å². The molecule has 0 unspecified atom stereocenters. The topological polar surface area (TPSA) is 73.2 Å². The Labute approximate surface area is 126 Å². The first-order valence-corrected chi connectivity index (χ1v) is 6.68. The predicted octanol–water partition coefficient (Wildman–Crippen LogP) is 1.09. The third-order valence-electron chi connectivity index (χ3n) is 2.63. The molecule has 0 aliphatic rings. The third kappa shape index (κ3) is 4.92. The van der Waals surface area contributed by atoms with Gasteiger partial charge in [0.15, 0.2) is 6.61 Å². The molecule has 6 nitrogen and oxygen atoms in total. The molecule has 1 amide bonds. The van der Waals surface area contributed by atoms with Gasteiger partial charge in [-0.25, -0.2) is 4.98 Å². The van der Waals surface area contributed by atoms with E-state index < -0.39 is 0 Å². The highest BCUT2D eigenvalue weighted by Crippen LogP contribution is 2.16.